The summed E-state index contributed by atoms with van der Waals surface area (Å²) >= 11 is 6.12. The van der Waals surface area contributed by atoms with E-state index < -0.39 is 0 Å². The number of aliphatic hydroxyl groups is 1. The van der Waals surface area contributed by atoms with E-state index in [0.717, 1.165) is 12.1 Å². The number of aliphatic hydroxyl groups excluding tert-OH is 1. The fourth-order valence-electron chi connectivity index (χ4n) is 1.51. The molecule has 0 amide bonds. The zero-order valence-electron chi connectivity index (χ0n) is 11.1. The van der Waals surface area contributed by atoms with Crippen LogP contribution in [-0.4, -0.2) is 50.0 Å². The minimum absolute atomic E-state index is 0.0541. The number of ether oxygens (including phenoxy) is 2. The SMILES string of the molecule is OCCOCCNCC(Cl)COCc1ccccc1. The lowest BCUT2D eigenvalue weighted by molar-refractivity contribution is 0.0926. The molecule has 1 rings (SSSR count). The predicted molar refractivity (Wildman–Crippen MR) is 76.5 cm³/mol. The Morgan fingerprint density at radius 2 is 1.95 bits per heavy atom. The first-order valence-corrected chi connectivity index (χ1v) is 6.91. The van der Waals surface area contributed by atoms with Crippen LogP contribution in [0.15, 0.2) is 30.3 Å². The molecule has 19 heavy (non-hydrogen) atoms. The van der Waals surface area contributed by atoms with Gasteiger partial charge in [0.25, 0.3) is 0 Å². The normalized spacial score (nSPS) is 12.5. The number of benzene rings is 1. The summed E-state index contributed by atoms with van der Waals surface area (Å²) < 4.78 is 10.7. The van der Waals surface area contributed by atoms with E-state index in [-0.39, 0.29) is 12.0 Å². The summed E-state index contributed by atoms with van der Waals surface area (Å²) in [4.78, 5) is 0. The Balaban J connectivity index is 1.94. The topological polar surface area (TPSA) is 50.7 Å². The third kappa shape index (κ3) is 8.97. The third-order valence-electron chi connectivity index (χ3n) is 2.43. The molecule has 0 saturated heterocycles. The maximum atomic E-state index is 8.52. The van der Waals surface area contributed by atoms with Crippen LogP contribution < -0.4 is 5.32 Å². The van der Waals surface area contributed by atoms with Crippen molar-refractivity contribution in [1.29, 1.82) is 0 Å². The van der Waals surface area contributed by atoms with Crippen LogP contribution in [0.25, 0.3) is 0 Å². The lowest BCUT2D eigenvalue weighted by Gasteiger charge is -2.11. The molecule has 5 heteroatoms. The van der Waals surface area contributed by atoms with Crippen LogP contribution in [-0.2, 0) is 16.1 Å². The van der Waals surface area contributed by atoms with Crippen molar-refractivity contribution in [3.05, 3.63) is 35.9 Å². The first kappa shape index (κ1) is 16.4. The van der Waals surface area contributed by atoms with Gasteiger partial charge in [-0.2, -0.15) is 0 Å². The second kappa shape index (κ2) is 11.2. The van der Waals surface area contributed by atoms with E-state index in [1.165, 1.54) is 0 Å². The average molecular weight is 288 g/mol. The minimum Gasteiger partial charge on any atom is -0.394 e. The van der Waals surface area contributed by atoms with E-state index in [9.17, 15) is 0 Å². The summed E-state index contributed by atoms with van der Waals surface area (Å²) in [5, 5.41) is 11.6. The Hall–Kier alpha value is -0.650. The van der Waals surface area contributed by atoms with E-state index in [1.54, 1.807) is 0 Å². The number of hydrogen-bond donors (Lipinski definition) is 2. The Bertz CT molecular complexity index is 311. The zero-order chi connectivity index (χ0) is 13.8. The van der Waals surface area contributed by atoms with Crippen LogP contribution >= 0.6 is 11.6 Å². The Morgan fingerprint density at radius 1 is 1.16 bits per heavy atom. The Kier molecular flexibility index (Phi) is 9.67. The molecule has 0 bridgehead atoms. The molecule has 2 N–H and O–H groups in total. The fourth-order valence-corrected chi connectivity index (χ4v) is 1.71. The van der Waals surface area contributed by atoms with Gasteiger partial charge in [-0.05, 0) is 5.56 Å². The molecule has 1 aromatic carbocycles. The van der Waals surface area contributed by atoms with Crippen molar-refractivity contribution in [3.8, 4) is 0 Å². The number of nitrogens with one attached hydrogen (secondary N) is 1. The maximum absolute atomic E-state index is 8.52. The summed E-state index contributed by atoms with van der Waals surface area (Å²) in [5.41, 5.74) is 1.15. The van der Waals surface area contributed by atoms with Gasteiger partial charge in [0, 0.05) is 13.1 Å². The molecule has 0 radical (unpaired) electrons. The van der Waals surface area contributed by atoms with Crippen LogP contribution in [0.5, 0.6) is 0 Å². The lowest BCUT2D eigenvalue weighted by atomic mass is 10.2. The van der Waals surface area contributed by atoms with Crippen molar-refractivity contribution in [3.63, 3.8) is 0 Å². The summed E-state index contributed by atoms with van der Waals surface area (Å²) in [6.45, 7) is 3.53. The Morgan fingerprint density at radius 3 is 2.68 bits per heavy atom. The molecule has 4 nitrogen and oxygen atoms in total. The highest BCUT2D eigenvalue weighted by molar-refractivity contribution is 6.20. The molecule has 0 fully saturated rings. The monoisotopic (exact) mass is 287 g/mol. The molecule has 0 heterocycles. The van der Waals surface area contributed by atoms with Crippen molar-refractivity contribution in [2.24, 2.45) is 0 Å². The van der Waals surface area contributed by atoms with Crippen molar-refractivity contribution in [2.75, 3.05) is 39.5 Å². The van der Waals surface area contributed by atoms with Gasteiger partial charge in [-0.15, -0.1) is 11.6 Å². The standard InChI is InChI=1S/C14H22ClNO3/c15-14(10-16-6-8-18-9-7-17)12-19-11-13-4-2-1-3-5-13/h1-5,14,16-17H,6-12H2. The van der Waals surface area contributed by atoms with Gasteiger partial charge in [0.2, 0.25) is 0 Å². The van der Waals surface area contributed by atoms with Gasteiger partial charge < -0.3 is 19.9 Å². The van der Waals surface area contributed by atoms with Crippen molar-refractivity contribution >= 4 is 11.6 Å². The van der Waals surface area contributed by atoms with Crippen molar-refractivity contribution < 1.29 is 14.6 Å². The summed E-state index contributed by atoms with van der Waals surface area (Å²) in [6.07, 6.45) is 0. The van der Waals surface area contributed by atoms with Crippen LogP contribution in [0.4, 0.5) is 0 Å². The number of rotatable bonds is 11. The maximum Gasteiger partial charge on any atom is 0.0717 e. The van der Waals surface area contributed by atoms with E-state index in [0.29, 0.717) is 33.0 Å². The molecule has 0 aliphatic heterocycles. The molecule has 1 aromatic rings. The molecule has 0 aromatic heterocycles. The van der Waals surface area contributed by atoms with E-state index in [2.05, 4.69) is 5.32 Å². The van der Waals surface area contributed by atoms with Gasteiger partial charge in [-0.3, -0.25) is 0 Å². The molecule has 0 aliphatic rings. The summed E-state index contributed by atoms with van der Waals surface area (Å²) in [7, 11) is 0. The van der Waals surface area contributed by atoms with Crippen LogP contribution in [0.3, 0.4) is 0 Å². The van der Waals surface area contributed by atoms with Gasteiger partial charge in [0.1, 0.15) is 0 Å². The minimum atomic E-state index is -0.0541. The highest BCUT2D eigenvalue weighted by Gasteiger charge is 2.04. The molecule has 0 saturated carbocycles. The van der Waals surface area contributed by atoms with Crippen molar-refractivity contribution in [2.45, 2.75) is 12.0 Å². The summed E-state index contributed by atoms with van der Waals surface area (Å²) in [5.74, 6) is 0. The molecular weight excluding hydrogens is 266 g/mol. The van der Waals surface area contributed by atoms with Gasteiger partial charge in [0.05, 0.1) is 38.4 Å². The van der Waals surface area contributed by atoms with Gasteiger partial charge >= 0.3 is 0 Å². The molecule has 108 valence electrons. The average Bonchev–Trinajstić information content (AvgIpc) is 2.44. The second-order valence-electron chi connectivity index (χ2n) is 4.14. The number of alkyl halides is 1. The predicted octanol–water partition coefficient (Wildman–Crippen LogP) is 1.41. The highest BCUT2D eigenvalue weighted by Crippen LogP contribution is 2.02. The van der Waals surface area contributed by atoms with Crippen LogP contribution in [0, 0.1) is 0 Å². The first-order chi connectivity index (χ1) is 9.33. The number of hydrogen-bond acceptors (Lipinski definition) is 4. The molecule has 0 aliphatic carbocycles. The third-order valence-corrected chi connectivity index (χ3v) is 2.72. The van der Waals surface area contributed by atoms with E-state index in [4.69, 9.17) is 26.2 Å². The van der Waals surface area contributed by atoms with Gasteiger partial charge in [-0.25, -0.2) is 0 Å². The summed E-state index contributed by atoms with van der Waals surface area (Å²) in [6, 6.07) is 10.0. The van der Waals surface area contributed by atoms with Crippen LogP contribution in [0.2, 0.25) is 0 Å². The zero-order valence-corrected chi connectivity index (χ0v) is 11.8. The lowest BCUT2D eigenvalue weighted by Crippen LogP contribution is -2.29. The van der Waals surface area contributed by atoms with Crippen molar-refractivity contribution in [1.82, 2.24) is 5.32 Å². The second-order valence-corrected chi connectivity index (χ2v) is 4.76. The van der Waals surface area contributed by atoms with E-state index >= 15 is 0 Å². The fraction of sp³-hybridized carbons (Fsp3) is 0.571. The first-order valence-electron chi connectivity index (χ1n) is 6.48. The molecule has 1 atom stereocenters. The van der Waals surface area contributed by atoms with Gasteiger partial charge in [-0.1, -0.05) is 30.3 Å². The van der Waals surface area contributed by atoms with E-state index in [1.807, 2.05) is 30.3 Å². The largest absolute Gasteiger partial charge is 0.394 e. The molecular formula is C14H22ClNO3. The number of halogens is 1. The quantitative estimate of drug-likeness (QED) is 0.477. The highest BCUT2D eigenvalue weighted by atomic mass is 35.5. The Labute approximate surface area is 119 Å². The van der Waals surface area contributed by atoms with Gasteiger partial charge in [0.15, 0.2) is 0 Å². The van der Waals surface area contributed by atoms with Crippen LogP contribution in [0.1, 0.15) is 5.56 Å². The molecule has 1 unspecified atom stereocenters. The smallest absolute Gasteiger partial charge is 0.0717 e. The molecule has 0 spiro atoms.